The van der Waals surface area contributed by atoms with Crippen LogP contribution in [0, 0.1) is 0 Å². The van der Waals surface area contributed by atoms with Gasteiger partial charge in [0.05, 0.1) is 6.10 Å². The zero-order valence-electron chi connectivity index (χ0n) is 11.7. The van der Waals surface area contributed by atoms with Crippen LogP contribution in [-0.2, 0) is 4.74 Å². The first-order valence-corrected chi connectivity index (χ1v) is 7.05. The summed E-state index contributed by atoms with van der Waals surface area (Å²) in [6.45, 7) is 4.92. The van der Waals surface area contributed by atoms with E-state index in [1.165, 1.54) is 0 Å². The molecule has 0 spiro atoms. The molecule has 0 aromatic heterocycles. The molecule has 2 nitrogen and oxygen atoms in total. The largest absolute Gasteiger partial charge is 0.411 e. The van der Waals surface area contributed by atoms with E-state index in [1.807, 2.05) is 26.8 Å². The highest BCUT2D eigenvalue weighted by molar-refractivity contribution is 9.10. The van der Waals surface area contributed by atoms with E-state index in [4.69, 9.17) is 4.74 Å². The van der Waals surface area contributed by atoms with Crippen LogP contribution in [0.3, 0.4) is 0 Å². The van der Waals surface area contributed by atoms with Crippen molar-refractivity contribution < 1.29 is 17.9 Å². The molecule has 0 radical (unpaired) electrons. The second-order valence-electron chi connectivity index (χ2n) is 5.60. The Morgan fingerprint density at radius 3 is 2.40 bits per heavy atom. The number of rotatable bonds is 5. The van der Waals surface area contributed by atoms with Crippen molar-refractivity contribution in [2.45, 2.75) is 38.6 Å². The molecular formula is C14H19BrF3NO. The normalized spacial score (nSPS) is 14.3. The Hall–Kier alpha value is -0.590. The molecule has 114 valence electrons. The van der Waals surface area contributed by atoms with Gasteiger partial charge in [-0.25, -0.2) is 0 Å². The fraction of sp³-hybridized carbons (Fsp3) is 0.571. The van der Waals surface area contributed by atoms with E-state index in [0.29, 0.717) is 12.1 Å². The van der Waals surface area contributed by atoms with E-state index in [0.717, 1.165) is 4.47 Å². The Morgan fingerprint density at radius 2 is 1.90 bits per heavy atom. The number of halogens is 4. The highest BCUT2D eigenvalue weighted by Gasteiger charge is 2.30. The standard InChI is InChI=1S/C14H19BrF3NO/c1-13(2,3)19-8-12(20-9-14(16,17)18)10-5-4-6-11(15)7-10/h4-7,12,19H,8-9H2,1-3H3. The molecule has 0 fully saturated rings. The second kappa shape index (κ2) is 6.91. The number of nitrogens with one attached hydrogen (secondary N) is 1. The average molecular weight is 354 g/mol. The Kier molecular flexibility index (Phi) is 6.04. The van der Waals surface area contributed by atoms with Gasteiger partial charge in [-0.05, 0) is 38.5 Å². The molecule has 1 rings (SSSR count). The zero-order chi connectivity index (χ0) is 15.4. The first kappa shape index (κ1) is 17.5. The molecule has 1 aromatic rings. The van der Waals surface area contributed by atoms with Gasteiger partial charge < -0.3 is 10.1 Å². The van der Waals surface area contributed by atoms with Crippen LogP contribution >= 0.6 is 15.9 Å². The predicted molar refractivity (Wildman–Crippen MR) is 76.6 cm³/mol. The maximum Gasteiger partial charge on any atom is 0.411 e. The summed E-state index contributed by atoms with van der Waals surface area (Å²) in [7, 11) is 0. The van der Waals surface area contributed by atoms with Gasteiger partial charge in [-0.1, -0.05) is 28.1 Å². The molecule has 1 atom stereocenters. The molecule has 1 unspecified atom stereocenters. The Morgan fingerprint density at radius 1 is 1.25 bits per heavy atom. The molecule has 0 aliphatic rings. The number of benzene rings is 1. The summed E-state index contributed by atoms with van der Waals surface area (Å²) in [6, 6.07) is 7.13. The minimum atomic E-state index is -4.33. The molecule has 1 aromatic carbocycles. The van der Waals surface area contributed by atoms with Crippen LogP contribution in [0.25, 0.3) is 0 Å². The van der Waals surface area contributed by atoms with Crippen molar-refractivity contribution in [2.75, 3.05) is 13.2 Å². The van der Waals surface area contributed by atoms with Gasteiger partial charge in [0, 0.05) is 16.6 Å². The quantitative estimate of drug-likeness (QED) is 0.843. The highest BCUT2D eigenvalue weighted by atomic mass is 79.9. The monoisotopic (exact) mass is 353 g/mol. The molecular weight excluding hydrogens is 335 g/mol. The fourth-order valence-corrected chi connectivity index (χ4v) is 1.99. The molecule has 0 amide bonds. The summed E-state index contributed by atoms with van der Waals surface area (Å²) < 4.78 is 42.8. The maximum atomic E-state index is 12.3. The minimum absolute atomic E-state index is 0.189. The van der Waals surface area contributed by atoms with Crippen molar-refractivity contribution in [3.05, 3.63) is 34.3 Å². The van der Waals surface area contributed by atoms with Crippen molar-refractivity contribution in [1.82, 2.24) is 5.32 Å². The zero-order valence-corrected chi connectivity index (χ0v) is 13.3. The van der Waals surface area contributed by atoms with Crippen LogP contribution in [0.4, 0.5) is 13.2 Å². The van der Waals surface area contributed by atoms with E-state index in [2.05, 4.69) is 21.2 Å². The number of alkyl halides is 3. The van der Waals surface area contributed by atoms with Gasteiger partial charge in [-0.3, -0.25) is 0 Å². The molecule has 0 saturated heterocycles. The molecule has 1 N–H and O–H groups in total. The van der Waals surface area contributed by atoms with E-state index in [9.17, 15) is 13.2 Å². The van der Waals surface area contributed by atoms with Crippen LogP contribution in [0.5, 0.6) is 0 Å². The fourth-order valence-electron chi connectivity index (χ4n) is 1.57. The molecule has 0 saturated carbocycles. The van der Waals surface area contributed by atoms with E-state index in [1.54, 1.807) is 18.2 Å². The lowest BCUT2D eigenvalue weighted by molar-refractivity contribution is -0.186. The van der Waals surface area contributed by atoms with E-state index < -0.39 is 18.9 Å². The topological polar surface area (TPSA) is 21.3 Å². The second-order valence-corrected chi connectivity index (χ2v) is 6.52. The maximum absolute atomic E-state index is 12.3. The van der Waals surface area contributed by atoms with Gasteiger partial charge >= 0.3 is 6.18 Å². The molecule has 0 aliphatic heterocycles. The summed E-state index contributed by atoms with van der Waals surface area (Å²) in [6.07, 6.45) is -4.97. The summed E-state index contributed by atoms with van der Waals surface area (Å²) in [5.41, 5.74) is 0.520. The first-order chi connectivity index (χ1) is 9.07. The van der Waals surface area contributed by atoms with Crippen LogP contribution in [0.2, 0.25) is 0 Å². The third-order valence-electron chi connectivity index (χ3n) is 2.49. The molecule has 0 bridgehead atoms. The lowest BCUT2D eigenvalue weighted by Crippen LogP contribution is -2.39. The predicted octanol–water partition coefficient (Wildman–Crippen LogP) is 4.46. The van der Waals surface area contributed by atoms with Crippen molar-refractivity contribution >= 4 is 15.9 Å². The number of hydrogen-bond donors (Lipinski definition) is 1. The summed E-state index contributed by atoms with van der Waals surface area (Å²) in [5, 5.41) is 3.17. The van der Waals surface area contributed by atoms with Gasteiger partial charge in [0.25, 0.3) is 0 Å². The first-order valence-electron chi connectivity index (χ1n) is 6.26. The lowest BCUT2D eigenvalue weighted by atomic mass is 10.1. The molecule has 0 heterocycles. The minimum Gasteiger partial charge on any atom is -0.363 e. The summed E-state index contributed by atoms with van der Waals surface area (Å²) in [4.78, 5) is 0. The van der Waals surface area contributed by atoms with Gasteiger partial charge in [-0.15, -0.1) is 0 Å². The summed E-state index contributed by atoms with van der Waals surface area (Å²) in [5.74, 6) is 0. The van der Waals surface area contributed by atoms with Crippen LogP contribution in [-0.4, -0.2) is 24.9 Å². The molecule has 0 aliphatic carbocycles. The highest BCUT2D eigenvalue weighted by Crippen LogP contribution is 2.24. The van der Waals surface area contributed by atoms with Gasteiger partial charge in [0.15, 0.2) is 0 Å². The number of hydrogen-bond acceptors (Lipinski definition) is 2. The molecule has 20 heavy (non-hydrogen) atoms. The van der Waals surface area contributed by atoms with Crippen LogP contribution < -0.4 is 5.32 Å². The Labute approximate surface area is 125 Å². The SMILES string of the molecule is CC(C)(C)NCC(OCC(F)(F)F)c1cccc(Br)c1. The van der Waals surface area contributed by atoms with Crippen molar-refractivity contribution in [1.29, 1.82) is 0 Å². The lowest BCUT2D eigenvalue weighted by Gasteiger charge is -2.26. The van der Waals surface area contributed by atoms with Crippen LogP contribution in [0.1, 0.15) is 32.4 Å². The Bertz CT molecular complexity index is 411. The van der Waals surface area contributed by atoms with E-state index in [-0.39, 0.29) is 5.54 Å². The third kappa shape index (κ3) is 7.26. The van der Waals surface area contributed by atoms with Crippen LogP contribution in [0.15, 0.2) is 28.7 Å². The third-order valence-corrected chi connectivity index (χ3v) is 2.98. The van der Waals surface area contributed by atoms with Crippen molar-refractivity contribution in [3.8, 4) is 0 Å². The smallest absolute Gasteiger partial charge is 0.363 e. The van der Waals surface area contributed by atoms with Gasteiger partial charge in [0.2, 0.25) is 0 Å². The Balaban J connectivity index is 2.78. The van der Waals surface area contributed by atoms with Crippen molar-refractivity contribution in [3.63, 3.8) is 0 Å². The van der Waals surface area contributed by atoms with Gasteiger partial charge in [0.1, 0.15) is 6.61 Å². The van der Waals surface area contributed by atoms with Crippen molar-refractivity contribution in [2.24, 2.45) is 0 Å². The number of ether oxygens (including phenoxy) is 1. The molecule has 6 heteroatoms. The summed E-state index contributed by atoms with van der Waals surface area (Å²) >= 11 is 3.31. The van der Waals surface area contributed by atoms with Gasteiger partial charge in [-0.2, -0.15) is 13.2 Å². The average Bonchev–Trinajstić information content (AvgIpc) is 2.26. The van der Waals surface area contributed by atoms with E-state index >= 15 is 0 Å².